The molecule has 0 bridgehead atoms. The Hall–Kier alpha value is -3.12. The second kappa shape index (κ2) is 7.41. The molecular weight excluding hydrogens is 360 g/mol. The number of ether oxygens (including phenoxy) is 1. The first-order chi connectivity index (χ1) is 12.5. The standard InChI is InChI=1S/C19H15ClO6/c20-7-8-25-18(24)6-3-11-1-5-15(22)19-13(11)10-17(26-19)12-2-4-14(21)16(23)9-12/h1-6,9-10,21-23H,7-8H2/b6-3+. The summed E-state index contributed by atoms with van der Waals surface area (Å²) in [7, 11) is 0. The summed E-state index contributed by atoms with van der Waals surface area (Å²) >= 11 is 5.47. The Morgan fingerprint density at radius 2 is 1.85 bits per heavy atom. The third-order valence-electron chi connectivity index (χ3n) is 3.68. The van der Waals surface area contributed by atoms with E-state index in [1.165, 1.54) is 24.3 Å². The second-order valence-corrected chi connectivity index (χ2v) is 5.80. The van der Waals surface area contributed by atoms with Gasteiger partial charge < -0.3 is 24.5 Å². The van der Waals surface area contributed by atoms with Gasteiger partial charge in [0, 0.05) is 17.0 Å². The van der Waals surface area contributed by atoms with Gasteiger partial charge in [-0.3, -0.25) is 0 Å². The molecule has 0 saturated heterocycles. The van der Waals surface area contributed by atoms with E-state index < -0.39 is 5.97 Å². The number of furan rings is 1. The molecule has 134 valence electrons. The summed E-state index contributed by atoms with van der Waals surface area (Å²) in [6.07, 6.45) is 2.81. The van der Waals surface area contributed by atoms with E-state index in [2.05, 4.69) is 0 Å². The molecule has 0 amide bonds. The molecule has 6 nitrogen and oxygen atoms in total. The van der Waals surface area contributed by atoms with Crippen LogP contribution in [-0.4, -0.2) is 33.8 Å². The minimum absolute atomic E-state index is 0.0592. The molecule has 2 aromatic carbocycles. The van der Waals surface area contributed by atoms with E-state index in [0.717, 1.165) is 0 Å². The zero-order chi connectivity index (χ0) is 18.7. The lowest BCUT2D eigenvalue weighted by Gasteiger charge is -2.00. The van der Waals surface area contributed by atoms with Gasteiger partial charge in [-0.25, -0.2) is 4.79 Å². The maximum atomic E-state index is 11.6. The Morgan fingerprint density at radius 3 is 2.58 bits per heavy atom. The molecule has 26 heavy (non-hydrogen) atoms. The molecule has 0 aliphatic rings. The first-order valence-electron chi connectivity index (χ1n) is 7.68. The first-order valence-corrected chi connectivity index (χ1v) is 8.21. The third kappa shape index (κ3) is 3.60. The van der Waals surface area contributed by atoms with E-state index in [1.54, 1.807) is 24.3 Å². The number of rotatable bonds is 5. The number of esters is 1. The van der Waals surface area contributed by atoms with Crippen LogP contribution in [0.15, 0.2) is 46.9 Å². The lowest BCUT2D eigenvalue weighted by molar-refractivity contribution is -0.137. The van der Waals surface area contributed by atoms with Crippen molar-refractivity contribution in [3.8, 4) is 28.6 Å². The normalized spacial score (nSPS) is 11.3. The molecule has 0 unspecified atom stereocenters. The predicted molar refractivity (Wildman–Crippen MR) is 97.4 cm³/mol. The number of fused-ring (bicyclic) bond motifs is 1. The Morgan fingerprint density at radius 1 is 1.08 bits per heavy atom. The number of phenolic OH excluding ortho intramolecular Hbond substituents is 3. The lowest BCUT2D eigenvalue weighted by atomic mass is 10.1. The van der Waals surface area contributed by atoms with E-state index in [0.29, 0.717) is 22.3 Å². The Kier molecular flexibility index (Phi) is 5.04. The number of phenols is 3. The maximum Gasteiger partial charge on any atom is 0.330 e. The van der Waals surface area contributed by atoms with Gasteiger partial charge in [0.25, 0.3) is 0 Å². The quantitative estimate of drug-likeness (QED) is 0.270. The van der Waals surface area contributed by atoms with Crippen LogP contribution in [0.1, 0.15) is 5.56 Å². The molecule has 0 spiro atoms. The van der Waals surface area contributed by atoms with Crippen LogP contribution in [0.3, 0.4) is 0 Å². The van der Waals surface area contributed by atoms with E-state index in [-0.39, 0.29) is 35.3 Å². The van der Waals surface area contributed by atoms with Crippen LogP contribution >= 0.6 is 11.6 Å². The third-order valence-corrected chi connectivity index (χ3v) is 3.83. The van der Waals surface area contributed by atoms with Crippen molar-refractivity contribution >= 4 is 34.6 Å². The molecular formula is C19H15ClO6. The number of hydrogen-bond donors (Lipinski definition) is 3. The molecule has 1 aromatic heterocycles. The summed E-state index contributed by atoms with van der Waals surface area (Å²) in [5.74, 6) is -0.513. The zero-order valence-electron chi connectivity index (χ0n) is 13.5. The van der Waals surface area contributed by atoms with Crippen LogP contribution in [0.2, 0.25) is 0 Å². The summed E-state index contributed by atoms with van der Waals surface area (Å²) < 4.78 is 10.5. The van der Waals surface area contributed by atoms with Crippen molar-refractivity contribution in [3.63, 3.8) is 0 Å². The summed E-state index contributed by atoms with van der Waals surface area (Å²) in [6.45, 7) is 0.121. The molecule has 0 radical (unpaired) electrons. The number of aromatic hydroxyl groups is 3. The van der Waals surface area contributed by atoms with Crippen LogP contribution in [0, 0.1) is 0 Å². The highest BCUT2D eigenvalue weighted by Crippen LogP contribution is 2.37. The zero-order valence-corrected chi connectivity index (χ0v) is 14.2. The minimum Gasteiger partial charge on any atom is -0.504 e. The van der Waals surface area contributed by atoms with Crippen LogP contribution in [0.25, 0.3) is 28.4 Å². The fourth-order valence-electron chi connectivity index (χ4n) is 2.44. The van der Waals surface area contributed by atoms with Gasteiger partial charge in [-0.15, -0.1) is 11.6 Å². The summed E-state index contributed by atoms with van der Waals surface area (Å²) in [4.78, 5) is 11.6. The number of alkyl halides is 1. The van der Waals surface area contributed by atoms with Crippen molar-refractivity contribution < 1.29 is 29.3 Å². The van der Waals surface area contributed by atoms with Gasteiger partial charge in [-0.05, 0) is 42.0 Å². The summed E-state index contributed by atoms with van der Waals surface area (Å²) in [5, 5.41) is 29.7. The molecule has 3 rings (SSSR count). The van der Waals surface area contributed by atoms with Gasteiger partial charge in [0.15, 0.2) is 22.8 Å². The number of carbonyl (C=O) groups excluding carboxylic acids is 1. The molecule has 3 N–H and O–H groups in total. The van der Waals surface area contributed by atoms with Crippen LogP contribution in [0.5, 0.6) is 17.2 Å². The predicted octanol–water partition coefficient (Wildman–Crippen LogP) is 4.01. The highest BCUT2D eigenvalue weighted by atomic mass is 35.5. The van der Waals surface area contributed by atoms with Crippen molar-refractivity contribution in [2.24, 2.45) is 0 Å². The van der Waals surface area contributed by atoms with Gasteiger partial charge in [0.05, 0.1) is 5.88 Å². The van der Waals surface area contributed by atoms with E-state index in [4.69, 9.17) is 20.8 Å². The van der Waals surface area contributed by atoms with Crippen LogP contribution in [0.4, 0.5) is 0 Å². The van der Waals surface area contributed by atoms with E-state index >= 15 is 0 Å². The van der Waals surface area contributed by atoms with Crippen molar-refractivity contribution in [2.75, 3.05) is 12.5 Å². The number of benzene rings is 2. The Bertz CT molecular complexity index is 989. The minimum atomic E-state index is -0.529. The topological polar surface area (TPSA) is 100 Å². The highest BCUT2D eigenvalue weighted by Gasteiger charge is 2.14. The molecule has 3 aromatic rings. The highest BCUT2D eigenvalue weighted by molar-refractivity contribution is 6.18. The Balaban J connectivity index is 2.00. The van der Waals surface area contributed by atoms with E-state index in [1.807, 2.05) is 0 Å². The number of carbonyl (C=O) groups is 1. The van der Waals surface area contributed by atoms with Crippen molar-refractivity contribution in [3.05, 3.63) is 48.0 Å². The molecule has 0 saturated carbocycles. The van der Waals surface area contributed by atoms with Gasteiger partial charge in [-0.1, -0.05) is 6.07 Å². The molecule has 7 heteroatoms. The van der Waals surface area contributed by atoms with Gasteiger partial charge in [-0.2, -0.15) is 0 Å². The van der Waals surface area contributed by atoms with Crippen LogP contribution in [-0.2, 0) is 9.53 Å². The van der Waals surface area contributed by atoms with Crippen LogP contribution < -0.4 is 0 Å². The van der Waals surface area contributed by atoms with Gasteiger partial charge >= 0.3 is 5.97 Å². The largest absolute Gasteiger partial charge is 0.504 e. The Labute approximate surface area is 153 Å². The smallest absolute Gasteiger partial charge is 0.330 e. The molecule has 0 atom stereocenters. The monoisotopic (exact) mass is 374 g/mol. The molecule has 0 aliphatic heterocycles. The van der Waals surface area contributed by atoms with Gasteiger partial charge in [0.2, 0.25) is 0 Å². The first kappa shape index (κ1) is 17.7. The second-order valence-electron chi connectivity index (χ2n) is 5.42. The molecule has 1 heterocycles. The maximum absolute atomic E-state index is 11.6. The average molecular weight is 375 g/mol. The fourth-order valence-corrected chi connectivity index (χ4v) is 2.52. The van der Waals surface area contributed by atoms with Crippen molar-refractivity contribution in [1.82, 2.24) is 0 Å². The molecule has 0 aliphatic carbocycles. The van der Waals surface area contributed by atoms with E-state index in [9.17, 15) is 20.1 Å². The van der Waals surface area contributed by atoms with Gasteiger partial charge in [0.1, 0.15) is 12.4 Å². The lowest BCUT2D eigenvalue weighted by Crippen LogP contribution is -2.02. The molecule has 0 fully saturated rings. The fraction of sp³-hybridized carbons (Fsp3) is 0.105. The number of halogens is 1. The SMILES string of the molecule is O=C(/C=C/c1ccc(O)c2oc(-c3ccc(O)c(O)c3)cc12)OCCCl. The summed E-state index contributed by atoms with van der Waals surface area (Å²) in [5.41, 5.74) is 1.40. The van der Waals surface area contributed by atoms with Crippen molar-refractivity contribution in [2.45, 2.75) is 0 Å². The average Bonchev–Trinajstić information content (AvgIpc) is 3.08. The summed E-state index contributed by atoms with van der Waals surface area (Å²) in [6, 6.07) is 9.02. The number of hydrogen-bond acceptors (Lipinski definition) is 6. The van der Waals surface area contributed by atoms with Crippen molar-refractivity contribution in [1.29, 1.82) is 0 Å².